The fourth-order valence-corrected chi connectivity index (χ4v) is 4.88. The summed E-state index contributed by atoms with van der Waals surface area (Å²) in [5.74, 6) is 0.275. The Morgan fingerprint density at radius 1 is 1.16 bits per heavy atom. The van der Waals surface area contributed by atoms with Crippen LogP contribution in [-0.2, 0) is 4.79 Å². The Hall–Kier alpha value is -2.14. The van der Waals surface area contributed by atoms with Crippen molar-refractivity contribution in [3.8, 4) is 0 Å². The van der Waals surface area contributed by atoms with Gasteiger partial charge in [0.05, 0.1) is 11.5 Å². The van der Waals surface area contributed by atoms with Crippen molar-refractivity contribution in [3.63, 3.8) is 0 Å². The van der Waals surface area contributed by atoms with Crippen LogP contribution in [0.4, 0.5) is 0 Å². The standard InChI is InChI=1S/C20H22N2O2S/c1-21-19(24)17(15-5-3-2-4-6-15)13-20(21)8-10-22(11-9-20)18(23)16-7-12-25-14-16/h2-7,12,14,17H,8-11,13H2,1H3/t17-/m0/s1. The molecule has 2 aliphatic heterocycles. The van der Waals surface area contributed by atoms with Gasteiger partial charge in [0, 0.05) is 31.1 Å². The van der Waals surface area contributed by atoms with Crippen LogP contribution in [-0.4, -0.2) is 47.3 Å². The van der Waals surface area contributed by atoms with Crippen LogP contribution in [0, 0.1) is 0 Å². The van der Waals surface area contributed by atoms with Crippen LogP contribution < -0.4 is 0 Å². The molecule has 4 nitrogen and oxygen atoms in total. The van der Waals surface area contributed by atoms with E-state index in [1.165, 1.54) is 0 Å². The number of nitrogens with zero attached hydrogens (tertiary/aromatic N) is 2. The highest BCUT2D eigenvalue weighted by Crippen LogP contribution is 2.44. The molecule has 5 heteroatoms. The summed E-state index contributed by atoms with van der Waals surface area (Å²) in [5.41, 5.74) is 1.77. The Labute approximate surface area is 152 Å². The number of carbonyl (C=O) groups excluding carboxylic acids is 2. The predicted molar refractivity (Wildman–Crippen MR) is 98.8 cm³/mol. The van der Waals surface area contributed by atoms with Gasteiger partial charge < -0.3 is 9.80 Å². The molecular formula is C20H22N2O2S. The number of likely N-dealkylation sites (tertiary alicyclic amines) is 2. The van der Waals surface area contributed by atoms with Gasteiger partial charge in [-0.05, 0) is 36.3 Å². The number of hydrogen-bond acceptors (Lipinski definition) is 3. The molecule has 0 bridgehead atoms. The number of carbonyl (C=O) groups is 2. The molecule has 3 heterocycles. The quantitative estimate of drug-likeness (QED) is 0.830. The maximum Gasteiger partial charge on any atom is 0.254 e. The number of rotatable bonds is 2. The normalized spacial score (nSPS) is 22.6. The first kappa shape index (κ1) is 16.3. The summed E-state index contributed by atoms with van der Waals surface area (Å²) in [6, 6.07) is 12.0. The molecule has 130 valence electrons. The van der Waals surface area contributed by atoms with E-state index in [4.69, 9.17) is 0 Å². The molecule has 4 rings (SSSR count). The molecule has 1 aromatic heterocycles. The first-order chi connectivity index (χ1) is 12.1. The molecule has 0 aliphatic carbocycles. The van der Waals surface area contributed by atoms with E-state index in [0.29, 0.717) is 13.1 Å². The van der Waals surface area contributed by atoms with Crippen LogP contribution >= 0.6 is 11.3 Å². The maximum absolute atomic E-state index is 12.8. The number of piperidine rings is 1. The molecule has 0 radical (unpaired) electrons. The van der Waals surface area contributed by atoms with Gasteiger partial charge in [-0.1, -0.05) is 30.3 Å². The van der Waals surface area contributed by atoms with Crippen LogP contribution in [0.3, 0.4) is 0 Å². The number of amides is 2. The topological polar surface area (TPSA) is 40.6 Å². The van der Waals surface area contributed by atoms with Gasteiger partial charge in [-0.3, -0.25) is 9.59 Å². The fourth-order valence-electron chi connectivity index (χ4n) is 4.25. The van der Waals surface area contributed by atoms with E-state index < -0.39 is 0 Å². The monoisotopic (exact) mass is 354 g/mol. The minimum atomic E-state index is -0.108. The van der Waals surface area contributed by atoms with Crippen LogP contribution in [0.2, 0.25) is 0 Å². The number of hydrogen-bond donors (Lipinski definition) is 0. The molecule has 2 saturated heterocycles. The lowest BCUT2D eigenvalue weighted by Gasteiger charge is -2.43. The van der Waals surface area contributed by atoms with Gasteiger partial charge in [0.25, 0.3) is 5.91 Å². The lowest BCUT2D eigenvalue weighted by Crippen LogP contribution is -2.52. The van der Waals surface area contributed by atoms with Gasteiger partial charge in [0.1, 0.15) is 0 Å². The third kappa shape index (κ3) is 2.76. The van der Waals surface area contributed by atoms with Gasteiger partial charge in [-0.25, -0.2) is 0 Å². The summed E-state index contributed by atoms with van der Waals surface area (Å²) in [6.07, 6.45) is 2.57. The fraction of sp³-hybridized carbons (Fsp3) is 0.400. The minimum absolute atomic E-state index is 0.0506. The summed E-state index contributed by atoms with van der Waals surface area (Å²) < 4.78 is 0. The van der Waals surface area contributed by atoms with Crippen molar-refractivity contribution >= 4 is 23.2 Å². The molecule has 0 unspecified atom stereocenters. The first-order valence-corrected chi connectivity index (χ1v) is 9.69. The van der Waals surface area contributed by atoms with Crippen molar-refractivity contribution < 1.29 is 9.59 Å². The maximum atomic E-state index is 12.8. The molecule has 1 spiro atoms. The minimum Gasteiger partial charge on any atom is -0.339 e. The first-order valence-electron chi connectivity index (χ1n) is 8.75. The average Bonchev–Trinajstić information content (AvgIpc) is 3.27. The lowest BCUT2D eigenvalue weighted by atomic mass is 9.81. The molecule has 0 saturated carbocycles. The van der Waals surface area contributed by atoms with E-state index in [9.17, 15) is 9.59 Å². The molecule has 25 heavy (non-hydrogen) atoms. The molecular weight excluding hydrogens is 332 g/mol. The van der Waals surface area contributed by atoms with E-state index >= 15 is 0 Å². The van der Waals surface area contributed by atoms with Gasteiger partial charge in [-0.2, -0.15) is 11.3 Å². The summed E-state index contributed by atoms with van der Waals surface area (Å²) in [6.45, 7) is 1.43. The van der Waals surface area contributed by atoms with Crippen molar-refractivity contribution in [1.82, 2.24) is 9.80 Å². The number of benzene rings is 1. The molecule has 2 amide bonds. The molecule has 1 atom stereocenters. The Bertz CT molecular complexity index is 764. The lowest BCUT2D eigenvalue weighted by molar-refractivity contribution is -0.131. The van der Waals surface area contributed by atoms with Crippen LogP contribution in [0.25, 0.3) is 0 Å². The molecule has 0 N–H and O–H groups in total. The highest BCUT2D eigenvalue weighted by atomic mass is 32.1. The van der Waals surface area contributed by atoms with E-state index in [1.807, 2.05) is 64.0 Å². The molecule has 2 fully saturated rings. The van der Waals surface area contributed by atoms with Gasteiger partial charge in [0.2, 0.25) is 5.91 Å². The van der Waals surface area contributed by atoms with Crippen LogP contribution in [0.15, 0.2) is 47.2 Å². The van der Waals surface area contributed by atoms with Crippen molar-refractivity contribution in [2.45, 2.75) is 30.7 Å². The van der Waals surface area contributed by atoms with Crippen molar-refractivity contribution in [2.75, 3.05) is 20.1 Å². The second kappa shape index (κ2) is 6.30. The zero-order chi connectivity index (χ0) is 17.4. The number of likely N-dealkylation sites (N-methyl/N-ethyl adjacent to an activating group) is 1. The molecule has 1 aromatic carbocycles. The molecule has 2 aromatic rings. The van der Waals surface area contributed by atoms with E-state index in [-0.39, 0.29) is 23.3 Å². The van der Waals surface area contributed by atoms with Crippen molar-refractivity contribution in [2.24, 2.45) is 0 Å². The van der Waals surface area contributed by atoms with Gasteiger partial charge in [-0.15, -0.1) is 0 Å². The highest BCUT2D eigenvalue weighted by Gasteiger charge is 2.50. The van der Waals surface area contributed by atoms with E-state index in [2.05, 4.69) is 0 Å². The summed E-state index contributed by atoms with van der Waals surface area (Å²) in [7, 11) is 1.93. The van der Waals surface area contributed by atoms with Gasteiger partial charge in [0.15, 0.2) is 0 Å². The highest BCUT2D eigenvalue weighted by molar-refractivity contribution is 7.08. The van der Waals surface area contributed by atoms with Crippen molar-refractivity contribution in [1.29, 1.82) is 0 Å². The summed E-state index contributed by atoms with van der Waals surface area (Å²) >= 11 is 1.55. The van der Waals surface area contributed by atoms with Crippen LogP contribution in [0.5, 0.6) is 0 Å². The molecule has 2 aliphatic rings. The average molecular weight is 354 g/mol. The third-order valence-electron chi connectivity index (χ3n) is 5.88. The zero-order valence-electron chi connectivity index (χ0n) is 14.4. The summed E-state index contributed by atoms with van der Waals surface area (Å²) in [5, 5.41) is 3.84. The smallest absolute Gasteiger partial charge is 0.254 e. The number of thiophene rings is 1. The Morgan fingerprint density at radius 3 is 2.52 bits per heavy atom. The zero-order valence-corrected chi connectivity index (χ0v) is 15.2. The third-order valence-corrected chi connectivity index (χ3v) is 6.56. The van der Waals surface area contributed by atoms with E-state index in [1.54, 1.807) is 11.3 Å². The van der Waals surface area contributed by atoms with E-state index in [0.717, 1.165) is 30.4 Å². The Morgan fingerprint density at radius 2 is 1.88 bits per heavy atom. The van der Waals surface area contributed by atoms with Crippen molar-refractivity contribution in [3.05, 3.63) is 58.3 Å². The Kier molecular flexibility index (Phi) is 4.12. The Balaban J connectivity index is 1.49. The second-order valence-electron chi connectivity index (χ2n) is 7.09. The van der Waals surface area contributed by atoms with Gasteiger partial charge >= 0.3 is 0 Å². The predicted octanol–water partition coefficient (Wildman–Crippen LogP) is 3.37. The van der Waals surface area contributed by atoms with Crippen LogP contribution in [0.1, 0.15) is 41.1 Å². The SMILES string of the molecule is CN1C(=O)[C@H](c2ccccc2)CC12CCN(C(=O)c1ccsc1)CC2. The summed E-state index contributed by atoms with van der Waals surface area (Å²) in [4.78, 5) is 29.3. The second-order valence-corrected chi connectivity index (χ2v) is 7.87. The largest absolute Gasteiger partial charge is 0.339 e.